The molecule has 0 bridgehead atoms. The van der Waals surface area contributed by atoms with E-state index in [2.05, 4.69) is 0 Å². The number of rotatable bonds is 2. The lowest BCUT2D eigenvalue weighted by molar-refractivity contribution is 0.466. The molecule has 4 N–H and O–H groups in total. The molecule has 0 aliphatic carbocycles. The van der Waals surface area contributed by atoms with Crippen molar-refractivity contribution in [3.63, 3.8) is 0 Å². The molecule has 0 aromatic carbocycles. The third-order valence-electron chi connectivity index (χ3n) is 1.31. The molecule has 0 aliphatic heterocycles. The molecule has 0 spiro atoms. The van der Waals surface area contributed by atoms with E-state index in [9.17, 15) is 0 Å². The number of allylic oxidation sites excluding steroid dienone is 1. The van der Waals surface area contributed by atoms with Crippen molar-refractivity contribution in [3.05, 3.63) is 11.4 Å². The van der Waals surface area contributed by atoms with Crippen molar-refractivity contribution in [1.82, 2.24) is 4.90 Å². The van der Waals surface area contributed by atoms with E-state index in [4.69, 9.17) is 16.7 Å². The average Bonchev–Trinajstić information content (AvgIpc) is 1.85. The number of hydrogen-bond donors (Lipinski definition) is 2. The SMILES string of the molecule is CC(N)/C(=C(/N)C#N)N(C)C. The first-order valence-electron chi connectivity index (χ1n) is 3.33. The predicted molar refractivity (Wildman–Crippen MR) is 44.2 cm³/mol. The summed E-state index contributed by atoms with van der Waals surface area (Å²) in [5, 5.41) is 8.49. The fourth-order valence-electron chi connectivity index (χ4n) is 0.951. The van der Waals surface area contributed by atoms with Crippen molar-refractivity contribution in [2.24, 2.45) is 11.5 Å². The first-order chi connectivity index (χ1) is 5.00. The lowest BCUT2D eigenvalue weighted by Crippen LogP contribution is -2.31. The molecule has 0 fully saturated rings. The van der Waals surface area contributed by atoms with E-state index in [1.165, 1.54) is 0 Å². The van der Waals surface area contributed by atoms with E-state index in [1.807, 2.05) is 20.2 Å². The minimum atomic E-state index is -0.204. The van der Waals surface area contributed by atoms with Gasteiger partial charge in [0.15, 0.2) is 0 Å². The molecule has 0 amide bonds. The Balaban J connectivity index is 4.77. The molecular weight excluding hydrogens is 140 g/mol. The summed E-state index contributed by atoms with van der Waals surface area (Å²) in [5.41, 5.74) is 11.9. The molecule has 1 atom stereocenters. The molecule has 0 radical (unpaired) electrons. The fourth-order valence-corrected chi connectivity index (χ4v) is 0.951. The Morgan fingerprint density at radius 2 is 2.00 bits per heavy atom. The van der Waals surface area contributed by atoms with Crippen LogP contribution in [0.1, 0.15) is 6.92 Å². The van der Waals surface area contributed by atoms with Gasteiger partial charge in [0.2, 0.25) is 0 Å². The van der Waals surface area contributed by atoms with E-state index >= 15 is 0 Å². The molecule has 0 aliphatic rings. The Morgan fingerprint density at radius 1 is 1.55 bits per heavy atom. The van der Waals surface area contributed by atoms with Gasteiger partial charge in [-0.15, -0.1) is 0 Å². The summed E-state index contributed by atoms with van der Waals surface area (Å²) in [6.45, 7) is 1.79. The molecule has 0 saturated heterocycles. The lowest BCUT2D eigenvalue weighted by atomic mass is 10.2. The second-order valence-corrected chi connectivity index (χ2v) is 2.59. The maximum atomic E-state index is 8.49. The maximum absolute atomic E-state index is 8.49. The first-order valence-corrected chi connectivity index (χ1v) is 3.33. The summed E-state index contributed by atoms with van der Waals surface area (Å²) in [6, 6.07) is 1.66. The van der Waals surface area contributed by atoms with Gasteiger partial charge >= 0.3 is 0 Å². The molecule has 11 heavy (non-hydrogen) atoms. The summed E-state index contributed by atoms with van der Waals surface area (Å²) in [4.78, 5) is 1.75. The van der Waals surface area contributed by atoms with Gasteiger partial charge in [-0.05, 0) is 6.92 Å². The zero-order valence-electron chi connectivity index (χ0n) is 7.13. The standard InChI is InChI=1S/C7H14N4/c1-5(9)7(11(2)3)6(10)4-8/h5H,9-10H2,1-3H3/b7-6-. The van der Waals surface area contributed by atoms with Crippen LogP contribution in [0.5, 0.6) is 0 Å². The highest BCUT2D eigenvalue weighted by Gasteiger charge is 2.09. The van der Waals surface area contributed by atoms with Gasteiger partial charge in [0, 0.05) is 20.1 Å². The van der Waals surface area contributed by atoms with Crippen LogP contribution in [-0.4, -0.2) is 25.0 Å². The Kier molecular flexibility index (Phi) is 3.42. The number of nitrogens with zero attached hydrogens (tertiary/aromatic N) is 2. The zero-order chi connectivity index (χ0) is 9.02. The van der Waals surface area contributed by atoms with E-state index in [1.54, 1.807) is 11.8 Å². The highest BCUT2D eigenvalue weighted by Crippen LogP contribution is 2.05. The van der Waals surface area contributed by atoms with Crippen molar-refractivity contribution in [1.29, 1.82) is 5.26 Å². The molecule has 0 saturated carbocycles. The topological polar surface area (TPSA) is 79.1 Å². The Bertz CT molecular complexity index is 187. The van der Waals surface area contributed by atoms with Gasteiger partial charge in [0.1, 0.15) is 11.8 Å². The smallest absolute Gasteiger partial charge is 0.131 e. The van der Waals surface area contributed by atoms with Crippen LogP contribution in [0.25, 0.3) is 0 Å². The van der Waals surface area contributed by atoms with Crippen LogP contribution in [0.4, 0.5) is 0 Å². The van der Waals surface area contributed by atoms with Crippen LogP contribution >= 0.6 is 0 Å². The van der Waals surface area contributed by atoms with Gasteiger partial charge in [0.25, 0.3) is 0 Å². The van der Waals surface area contributed by atoms with Gasteiger partial charge in [-0.3, -0.25) is 0 Å². The summed E-state index contributed by atoms with van der Waals surface area (Å²) >= 11 is 0. The van der Waals surface area contributed by atoms with Crippen molar-refractivity contribution < 1.29 is 0 Å². The van der Waals surface area contributed by atoms with Crippen molar-refractivity contribution >= 4 is 0 Å². The quantitative estimate of drug-likeness (QED) is 0.530. The zero-order valence-corrected chi connectivity index (χ0v) is 7.13. The van der Waals surface area contributed by atoms with Crippen LogP contribution in [-0.2, 0) is 0 Å². The molecule has 0 aromatic rings. The molecule has 0 rings (SSSR count). The minimum Gasteiger partial charge on any atom is -0.389 e. The summed E-state index contributed by atoms with van der Waals surface area (Å²) in [5.74, 6) is 0. The van der Waals surface area contributed by atoms with Crippen molar-refractivity contribution in [2.75, 3.05) is 14.1 Å². The Morgan fingerprint density at radius 3 is 2.09 bits per heavy atom. The molecule has 0 heterocycles. The third kappa shape index (κ3) is 2.48. The minimum absolute atomic E-state index is 0.185. The van der Waals surface area contributed by atoms with Crippen LogP contribution < -0.4 is 11.5 Å². The molecular formula is C7H14N4. The van der Waals surface area contributed by atoms with E-state index < -0.39 is 0 Å². The van der Waals surface area contributed by atoms with Crippen LogP contribution in [0, 0.1) is 11.3 Å². The first kappa shape index (κ1) is 9.79. The summed E-state index contributed by atoms with van der Waals surface area (Å²) in [6.07, 6.45) is 0. The van der Waals surface area contributed by atoms with Gasteiger partial charge in [-0.2, -0.15) is 5.26 Å². The summed E-state index contributed by atoms with van der Waals surface area (Å²) < 4.78 is 0. The molecule has 0 aromatic heterocycles. The van der Waals surface area contributed by atoms with Crippen molar-refractivity contribution in [2.45, 2.75) is 13.0 Å². The molecule has 4 heteroatoms. The third-order valence-corrected chi connectivity index (χ3v) is 1.31. The monoisotopic (exact) mass is 154 g/mol. The van der Waals surface area contributed by atoms with E-state index in [0.29, 0.717) is 5.70 Å². The number of nitriles is 1. The van der Waals surface area contributed by atoms with Crippen LogP contribution in [0.2, 0.25) is 0 Å². The number of hydrogen-bond acceptors (Lipinski definition) is 4. The van der Waals surface area contributed by atoms with Crippen LogP contribution in [0.3, 0.4) is 0 Å². The fraction of sp³-hybridized carbons (Fsp3) is 0.571. The highest BCUT2D eigenvalue weighted by molar-refractivity contribution is 5.26. The Labute approximate surface area is 67.1 Å². The molecule has 62 valence electrons. The van der Waals surface area contributed by atoms with Gasteiger partial charge in [-0.25, -0.2) is 0 Å². The van der Waals surface area contributed by atoms with E-state index in [-0.39, 0.29) is 11.7 Å². The second kappa shape index (κ2) is 3.84. The van der Waals surface area contributed by atoms with Gasteiger partial charge < -0.3 is 16.4 Å². The number of likely N-dealkylation sites (N-methyl/N-ethyl adjacent to an activating group) is 1. The predicted octanol–water partition coefficient (Wildman–Crippen LogP) is -0.411. The number of nitrogens with two attached hydrogens (primary N) is 2. The molecule has 4 nitrogen and oxygen atoms in total. The largest absolute Gasteiger partial charge is 0.389 e. The second-order valence-electron chi connectivity index (χ2n) is 2.59. The van der Waals surface area contributed by atoms with E-state index in [0.717, 1.165) is 0 Å². The van der Waals surface area contributed by atoms with Gasteiger partial charge in [0.05, 0.1) is 5.70 Å². The Hall–Kier alpha value is -1.21. The van der Waals surface area contributed by atoms with Crippen LogP contribution in [0.15, 0.2) is 11.4 Å². The normalized spacial score (nSPS) is 14.8. The molecule has 1 unspecified atom stereocenters. The van der Waals surface area contributed by atoms with Gasteiger partial charge in [-0.1, -0.05) is 0 Å². The lowest BCUT2D eigenvalue weighted by Gasteiger charge is -2.20. The maximum Gasteiger partial charge on any atom is 0.131 e. The van der Waals surface area contributed by atoms with Crippen molar-refractivity contribution in [3.8, 4) is 6.07 Å². The average molecular weight is 154 g/mol. The highest BCUT2D eigenvalue weighted by atomic mass is 15.1. The summed E-state index contributed by atoms with van der Waals surface area (Å²) in [7, 11) is 3.62.